The second-order valence-corrected chi connectivity index (χ2v) is 20.9. The molecule has 0 aliphatic rings. The number of hydrogen-bond acceptors (Lipinski definition) is 22. The van der Waals surface area contributed by atoms with Crippen molar-refractivity contribution in [2.45, 2.75) is 29.4 Å². The molecule has 6 aromatic carbocycles. The quantitative estimate of drug-likeness (QED) is 0.0735. The Morgan fingerprint density at radius 2 is 0.687 bits per heavy atom. The van der Waals surface area contributed by atoms with Crippen LogP contribution in [0.15, 0.2) is 135 Å². The van der Waals surface area contributed by atoms with Crippen LogP contribution in [0.1, 0.15) is 11.1 Å². The third-order valence-electron chi connectivity index (χ3n) is 8.73. The van der Waals surface area contributed by atoms with Crippen molar-refractivity contribution in [1.82, 2.24) is 0 Å². The maximum Gasteiger partial charge on any atom is 2.00 e. The summed E-state index contributed by atoms with van der Waals surface area (Å²) in [5.41, 5.74) is 11.6. The van der Waals surface area contributed by atoms with Gasteiger partial charge in [0.2, 0.25) is 0 Å². The van der Waals surface area contributed by atoms with Crippen LogP contribution < -0.4 is 29.6 Å². The second-order valence-electron chi connectivity index (χ2n) is 12.8. The van der Waals surface area contributed by atoms with E-state index in [1.54, 1.807) is 0 Å². The second kappa shape index (κ2) is 20.5. The van der Waals surface area contributed by atoms with E-state index in [0.717, 1.165) is 72.8 Å². The summed E-state index contributed by atoms with van der Waals surface area (Å²) in [5.74, 6) is 0. The fraction of sp³-hybridized carbons (Fsp3) is 0. The van der Waals surface area contributed by atoms with Gasteiger partial charge in [-0.1, -0.05) is 48.6 Å². The first-order valence-corrected chi connectivity index (χ1v) is 25.0. The molecule has 0 aliphatic heterocycles. The molecule has 0 aliphatic carbocycles. The van der Waals surface area contributed by atoms with Crippen LogP contribution in [0.4, 0.5) is 34.1 Å². The van der Waals surface area contributed by atoms with Crippen LogP contribution in [0.2, 0.25) is 0 Å². The minimum atomic E-state index is -5.44. The van der Waals surface area contributed by atoms with Gasteiger partial charge in [0.15, 0.2) is 0 Å². The first-order valence-electron chi connectivity index (χ1n) is 16.5. The first-order chi connectivity index (χ1) is 29.4. The fourth-order valence-electron chi connectivity index (χ4n) is 6.06. The van der Waals surface area contributed by atoms with Gasteiger partial charge in [0.1, 0.15) is 60.7 Å². The van der Waals surface area contributed by atoms with Gasteiger partial charge in [0, 0.05) is 0 Å². The monoisotopic (exact) mass is 1140 g/mol. The predicted molar refractivity (Wildman–Crippen MR) is 214 cm³/mol. The van der Waals surface area contributed by atoms with E-state index < -0.39 is 157 Å². The van der Waals surface area contributed by atoms with E-state index in [9.17, 15) is 77.8 Å². The van der Waals surface area contributed by atoms with Crippen molar-refractivity contribution in [3.8, 4) is 0 Å². The maximum absolute atomic E-state index is 12.3. The van der Waals surface area contributed by atoms with Gasteiger partial charge in [0.25, 0.3) is 0 Å². The molecular formula is C34H18Cu2N6NaO18S6-3. The summed E-state index contributed by atoms with van der Waals surface area (Å²) in [6.45, 7) is 0. The van der Waals surface area contributed by atoms with Gasteiger partial charge in [-0.15, -0.1) is 11.4 Å². The molecule has 2 N–H and O–H groups in total. The summed E-state index contributed by atoms with van der Waals surface area (Å²) in [4.78, 5) is -6.42. The van der Waals surface area contributed by atoms with Crippen LogP contribution in [0.3, 0.4) is 0 Å². The Balaban J connectivity index is 0.00000397. The van der Waals surface area contributed by atoms with E-state index in [1.165, 1.54) is 0 Å². The fourth-order valence-corrected chi connectivity index (χ4v) is 10.2. The predicted octanol–water partition coefficient (Wildman–Crippen LogP) is 2.79. The van der Waals surface area contributed by atoms with E-state index in [-0.39, 0.29) is 63.7 Å². The Hall–Kier alpha value is -4.12. The molecule has 354 valence electrons. The molecule has 67 heavy (non-hydrogen) atoms. The largest absolute Gasteiger partial charge is 2.00 e. The van der Waals surface area contributed by atoms with E-state index in [4.69, 9.17) is 11.5 Å². The maximum atomic E-state index is 12.3. The molecule has 0 fully saturated rings. The zero-order valence-corrected chi connectivity index (χ0v) is 41.2. The zero-order valence-electron chi connectivity index (χ0n) is 32.4. The molecule has 0 bridgehead atoms. The summed E-state index contributed by atoms with van der Waals surface area (Å²) in [7, 11) is -32.4. The normalized spacial score (nSPS) is 12.9. The number of rotatable bonds is 12. The van der Waals surface area contributed by atoms with Crippen molar-refractivity contribution in [2.24, 2.45) is 20.5 Å². The van der Waals surface area contributed by atoms with Crippen LogP contribution in [-0.4, -0.2) is 77.8 Å². The molecule has 0 aromatic heterocycles. The van der Waals surface area contributed by atoms with Crippen LogP contribution in [0.5, 0.6) is 0 Å². The number of azo groups is 2. The minimum Gasteiger partial charge on any atom is -0.744 e. The van der Waals surface area contributed by atoms with Gasteiger partial charge in [-0.25, -0.2) is 50.5 Å². The molecule has 0 amide bonds. The zero-order chi connectivity index (χ0) is 47.5. The van der Waals surface area contributed by atoms with Crippen molar-refractivity contribution < 1.29 is 142 Å². The number of benzene rings is 6. The minimum absolute atomic E-state index is 0. The Kier molecular flexibility index (Phi) is 17.5. The van der Waals surface area contributed by atoms with Crippen molar-refractivity contribution >= 4 is 129 Å². The van der Waals surface area contributed by atoms with Gasteiger partial charge >= 0.3 is 63.7 Å². The SMILES string of the molecule is [Cu+2].[Cu+2].[NH-]c1c(N=Nc2ccc(C=Cc3ccc(N=Nc4cc(S(=O)(=O)[O-])c5cccc(S(=O)(=O)[O-])c5c4[NH-])cc3S(=O)(=O)[O-])c(S(=O)(=O)[O-])c2)cc(S(=O)(=O)[O-])c2cccc(S(=O)(=O)[O-])c12.[Na+]. The third kappa shape index (κ3) is 12.6. The van der Waals surface area contributed by atoms with Gasteiger partial charge < -0.3 is 38.8 Å². The molecule has 6 aromatic rings. The van der Waals surface area contributed by atoms with Crippen LogP contribution in [0.25, 0.3) is 45.2 Å². The molecule has 33 heteroatoms. The van der Waals surface area contributed by atoms with E-state index in [2.05, 4.69) is 20.5 Å². The molecule has 0 spiro atoms. The first kappa shape index (κ1) is 57.2. The van der Waals surface area contributed by atoms with Crippen molar-refractivity contribution in [3.63, 3.8) is 0 Å². The number of fused-ring (bicyclic) bond motifs is 2. The topological polar surface area (TPSA) is 440 Å². The molecular weight excluding hydrogens is 1120 g/mol. The molecule has 2 radical (unpaired) electrons. The van der Waals surface area contributed by atoms with Crippen molar-refractivity contribution in [1.29, 1.82) is 0 Å². The van der Waals surface area contributed by atoms with Crippen LogP contribution in [-0.2, 0) is 94.8 Å². The smallest absolute Gasteiger partial charge is 0.744 e. The number of nitrogens with zero attached hydrogens (tertiary/aromatic N) is 4. The summed E-state index contributed by atoms with van der Waals surface area (Å²) < 4.78 is 218. The van der Waals surface area contributed by atoms with Crippen molar-refractivity contribution in [2.75, 3.05) is 0 Å². The van der Waals surface area contributed by atoms with Crippen molar-refractivity contribution in [3.05, 3.63) is 108 Å². The summed E-state index contributed by atoms with van der Waals surface area (Å²) >= 11 is 0. The molecule has 0 unspecified atom stereocenters. The average molecular weight is 1140 g/mol. The van der Waals surface area contributed by atoms with Gasteiger partial charge in [0.05, 0.1) is 52.1 Å². The standard InChI is InChI=1S/C34H24N6O18S6.2Cu.Na/c35-33-23(15-29(63(53,54)55)21-3-1-5-25(31(21)33)59(41,42)43)39-37-19-11-9-17(27(13-19)61(47,48)49)7-8-18-10-12-20(14-28(18)62(50,51)52)38-40-24-16-30(64(56,57)58)22-4-2-6-26(60(44,45)46)32(22)34(24)36;;;/h1-16,35-36H,(H,41,42,43)(H,44,45,46)(H,47,48,49)(H,50,51,52)(H,53,54,55)(H,56,57,58);;;/q-2;2*+2;+1/p-6. The summed E-state index contributed by atoms with van der Waals surface area (Å²) in [5, 5.41) is 11.7. The van der Waals surface area contributed by atoms with E-state index in [1.807, 2.05) is 0 Å². The summed E-state index contributed by atoms with van der Waals surface area (Å²) in [6, 6.07) is 11.5. The number of hydrogen-bond donors (Lipinski definition) is 0. The Morgan fingerprint density at radius 3 is 0.970 bits per heavy atom. The Morgan fingerprint density at radius 1 is 0.388 bits per heavy atom. The molecule has 0 saturated heterocycles. The molecule has 0 atom stereocenters. The third-order valence-corrected chi connectivity index (χ3v) is 14.0. The average Bonchev–Trinajstić information content (AvgIpc) is 3.17. The summed E-state index contributed by atoms with van der Waals surface area (Å²) in [6.07, 6.45) is 1.73. The van der Waals surface area contributed by atoms with Gasteiger partial charge in [-0.05, 0) is 81.2 Å². The van der Waals surface area contributed by atoms with E-state index >= 15 is 0 Å². The van der Waals surface area contributed by atoms with Gasteiger partial charge in [-0.2, -0.15) is 20.5 Å². The molecule has 0 saturated carbocycles. The van der Waals surface area contributed by atoms with Crippen LogP contribution in [0, 0.1) is 0 Å². The Bertz CT molecular complexity index is 3570. The Labute approximate surface area is 423 Å². The number of nitrogens with one attached hydrogen (secondary N) is 2. The molecule has 0 heterocycles. The molecule has 24 nitrogen and oxygen atoms in total. The van der Waals surface area contributed by atoms with E-state index in [0.29, 0.717) is 24.3 Å². The van der Waals surface area contributed by atoms with Gasteiger partial charge in [-0.3, -0.25) is 0 Å². The van der Waals surface area contributed by atoms with Crippen LogP contribution >= 0.6 is 0 Å². The molecule has 6 rings (SSSR count).